The third kappa shape index (κ3) is 3.81. The summed E-state index contributed by atoms with van der Waals surface area (Å²) >= 11 is 0. The average Bonchev–Trinajstić information content (AvgIpc) is 2.17. The number of hydrogen-bond acceptors (Lipinski definition) is 2. The highest BCUT2D eigenvalue weighted by Crippen LogP contribution is 2.12. The second-order valence-electron chi connectivity index (χ2n) is 3.32. The highest BCUT2D eigenvalue weighted by molar-refractivity contribution is 5.77. The third-order valence-corrected chi connectivity index (χ3v) is 2.10. The summed E-state index contributed by atoms with van der Waals surface area (Å²) in [6.07, 6.45) is -0.0906. The minimum Gasteiger partial charge on any atom is -0.481 e. The van der Waals surface area contributed by atoms with Gasteiger partial charge in [-0.1, -0.05) is 30.3 Å². The van der Waals surface area contributed by atoms with Crippen molar-refractivity contribution in [2.24, 2.45) is 5.92 Å². The lowest BCUT2D eigenvalue weighted by atomic mass is 9.96. The van der Waals surface area contributed by atoms with Gasteiger partial charge in [-0.3, -0.25) is 9.59 Å². The van der Waals surface area contributed by atoms with Crippen molar-refractivity contribution in [2.45, 2.75) is 12.8 Å². The van der Waals surface area contributed by atoms with Crippen molar-refractivity contribution in [2.75, 3.05) is 0 Å². The van der Waals surface area contributed by atoms with E-state index in [4.69, 9.17) is 10.2 Å². The number of hydrogen-bond donors (Lipinski definition) is 2. The van der Waals surface area contributed by atoms with Gasteiger partial charge >= 0.3 is 11.9 Å². The minimum atomic E-state index is -1.08. The molecule has 0 aliphatic rings. The van der Waals surface area contributed by atoms with Gasteiger partial charge in [-0.25, -0.2) is 0 Å². The van der Waals surface area contributed by atoms with Crippen LogP contribution in [0, 0.1) is 5.92 Å². The van der Waals surface area contributed by atoms with Gasteiger partial charge in [0.25, 0.3) is 0 Å². The van der Waals surface area contributed by atoms with E-state index in [1.54, 1.807) is 24.3 Å². The number of carboxylic acids is 2. The quantitative estimate of drug-likeness (QED) is 0.767. The van der Waals surface area contributed by atoms with E-state index >= 15 is 0 Å². The van der Waals surface area contributed by atoms with Crippen LogP contribution in [0.2, 0.25) is 0 Å². The minimum absolute atomic E-state index is 0.252. The molecule has 0 unspecified atom stereocenters. The molecule has 0 radical (unpaired) electrons. The number of rotatable bonds is 5. The highest BCUT2D eigenvalue weighted by Gasteiger charge is 2.20. The second-order valence-corrected chi connectivity index (χ2v) is 3.32. The molecule has 0 heterocycles. The normalized spacial score (nSPS) is 12.0. The number of carbonyl (C=O) groups is 2. The van der Waals surface area contributed by atoms with Gasteiger partial charge in [0.05, 0.1) is 12.3 Å². The Bertz CT molecular complexity index is 345. The molecule has 0 aliphatic carbocycles. The van der Waals surface area contributed by atoms with Crippen LogP contribution in [0.3, 0.4) is 0 Å². The van der Waals surface area contributed by atoms with Crippen molar-refractivity contribution < 1.29 is 19.8 Å². The van der Waals surface area contributed by atoms with Gasteiger partial charge in [0.15, 0.2) is 0 Å². The molecule has 4 heteroatoms. The molecular formula is C11H12O4. The first-order valence-corrected chi connectivity index (χ1v) is 4.58. The van der Waals surface area contributed by atoms with Crippen LogP contribution >= 0.6 is 0 Å². The van der Waals surface area contributed by atoms with E-state index in [0.29, 0.717) is 0 Å². The van der Waals surface area contributed by atoms with Crippen LogP contribution < -0.4 is 0 Å². The second kappa shape index (κ2) is 5.14. The summed E-state index contributed by atoms with van der Waals surface area (Å²) in [5, 5.41) is 17.4. The van der Waals surface area contributed by atoms with E-state index in [2.05, 4.69) is 0 Å². The molecule has 0 fully saturated rings. The number of aliphatic carboxylic acids is 2. The van der Waals surface area contributed by atoms with Crippen LogP contribution in [-0.2, 0) is 16.0 Å². The van der Waals surface area contributed by atoms with Crippen molar-refractivity contribution in [3.05, 3.63) is 35.9 Å². The molecule has 4 nitrogen and oxygen atoms in total. The van der Waals surface area contributed by atoms with Crippen LogP contribution in [0.25, 0.3) is 0 Å². The zero-order valence-corrected chi connectivity index (χ0v) is 8.09. The molecule has 0 aromatic heterocycles. The molecule has 1 aromatic carbocycles. The topological polar surface area (TPSA) is 74.6 Å². The van der Waals surface area contributed by atoms with Crippen molar-refractivity contribution >= 4 is 11.9 Å². The maximum atomic E-state index is 10.8. The SMILES string of the molecule is O=C(O)C[C@H](Cc1ccccc1)C(=O)O. The summed E-state index contributed by atoms with van der Waals surface area (Å²) < 4.78 is 0. The van der Waals surface area contributed by atoms with E-state index < -0.39 is 17.9 Å². The molecule has 0 bridgehead atoms. The van der Waals surface area contributed by atoms with Crippen molar-refractivity contribution in [1.29, 1.82) is 0 Å². The first kappa shape index (κ1) is 11.2. The fourth-order valence-corrected chi connectivity index (χ4v) is 1.36. The molecule has 0 saturated carbocycles. The number of carboxylic acid groups (broad SMARTS) is 2. The molecule has 15 heavy (non-hydrogen) atoms. The molecule has 1 atom stereocenters. The van der Waals surface area contributed by atoms with Gasteiger partial charge < -0.3 is 10.2 Å². The molecule has 2 N–H and O–H groups in total. The van der Waals surface area contributed by atoms with Crippen molar-refractivity contribution in [1.82, 2.24) is 0 Å². The van der Waals surface area contributed by atoms with Crippen LogP contribution in [0.1, 0.15) is 12.0 Å². The van der Waals surface area contributed by atoms with E-state index in [1.807, 2.05) is 6.07 Å². The van der Waals surface area contributed by atoms with Gasteiger partial charge in [0, 0.05) is 0 Å². The Balaban J connectivity index is 2.67. The molecule has 0 amide bonds. The summed E-state index contributed by atoms with van der Waals surface area (Å²) in [6, 6.07) is 9.01. The Hall–Kier alpha value is -1.84. The predicted molar refractivity (Wildman–Crippen MR) is 53.5 cm³/mol. The lowest BCUT2D eigenvalue weighted by Gasteiger charge is -2.09. The monoisotopic (exact) mass is 208 g/mol. The van der Waals surface area contributed by atoms with Gasteiger partial charge in [0.1, 0.15) is 0 Å². The van der Waals surface area contributed by atoms with E-state index in [9.17, 15) is 9.59 Å². The first-order valence-electron chi connectivity index (χ1n) is 4.58. The smallest absolute Gasteiger partial charge is 0.307 e. The number of benzene rings is 1. The zero-order chi connectivity index (χ0) is 11.3. The Morgan fingerprint density at radius 1 is 1.13 bits per heavy atom. The first-order chi connectivity index (χ1) is 7.09. The molecule has 1 rings (SSSR count). The van der Waals surface area contributed by atoms with Crippen LogP contribution in [0.4, 0.5) is 0 Å². The summed E-state index contributed by atoms with van der Waals surface area (Å²) in [5.41, 5.74) is 0.839. The Morgan fingerprint density at radius 2 is 1.73 bits per heavy atom. The highest BCUT2D eigenvalue weighted by atomic mass is 16.4. The lowest BCUT2D eigenvalue weighted by Crippen LogP contribution is -2.20. The van der Waals surface area contributed by atoms with E-state index in [0.717, 1.165) is 5.56 Å². The third-order valence-electron chi connectivity index (χ3n) is 2.10. The Kier molecular flexibility index (Phi) is 3.85. The predicted octanol–water partition coefficient (Wildman–Crippen LogP) is 1.40. The summed E-state index contributed by atoms with van der Waals surface area (Å²) in [6.45, 7) is 0. The van der Waals surface area contributed by atoms with Crippen molar-refractivity contribution in [3.8, 4) is 0 Å². The van der Waals surface area contributed by atoms with Gasteiger partial charge in [-0.05, 0) is 12.0 Å². The summed E-state index contributed by atoms with van der Waals surface area (Å²) in [7, 11) is 0. The molecule has 0 spiro atoms. The molecule has 0 saturated heterocycles. The lowest BCUT2D eigenvalue weighted by molar-refractivity contribution is -0.148. The Morgan fingerprint density at radius 3 is 2.20 bits per heavy atom. The van der Waals surface area contributed by atoms with E-state index in [1.165, 1.54) is 0 Å². The van der Waals surface area contributed by atoms with Crippen LogP contribution in [0.5, 0.6) is 0 Å². The van der Waals surface area contributed by atoms with Crippen LogP contribution in [0.15, 0.2) is 30.3 Å². The van der Waals surface area contributed by atoms with Crippen molar-refractivity contribution in [3.63, 3.8) is 0 Å². The fraction of sp³-hybridized carbons (Fsp3) is 0.273. The maximum absolute atomic E-state index is 10.8. The Labute approximate surface area is 87.2 Å². The van der Waals surface area contributed by atoms with Gasteiger partial charge in [-0.2, -0.15) is 0 Å². The molecule has 1 aromatic rings. The molecule has 80 valence electrons. The zero-order valence-electron chi connectivity index (χ0n) is 8.09. The fourth-order valence-electron chi connectivity index (χ4n) is 1.36. The summed E-state index contributed by atoms with van der Waals surface area (Å²) in [4.78, 5) is 21.2. The average molecular weight is 208 g/mol. The van der Waals surface area contributed by atoms with Gasteiger partial charge in [0.2, 0.25) is 0 Å². The largest absolute Gasteiger partial charge is 0.481 e. The van der Waals surface area contributed by atoms with Crippen LogP contribution in [-0.4, -0.2) is 22.2 Å². The van der Waals surface area contributed by atoms with Gasteiger partial charge in [-0.15, -0.1) is 0 Å². The summed E-state index contributed by atoms with van der Waals surface area (Å²) in [5.74, 6) is -3.01. The molecular weight excluding hydrogens is 196 g/mol. The standard InChI is InChI=1S/C11H12O4/c12-10(13)7-9(11(14)15)6-8-4-2-1-3-5-8/h1-5,9H,6-7H2,(H,12,13)(H,14,15)/t9-/m0/s1. The maximum Gasteiger partial charge on any atom is 0.307 e. The van der Waals surface area contributed by atoms with E-state index in [-0.39, 0.29) is 12.8 Å². The molecule has 0 aliphatic heterocycles.